The molecule has 2 aromatic rings. The van der Waals surface area contributed by atoms with Crippen LogP contribution in [0.1, 0.15) is 48.9 Å². The number of sulfonamides is 1. The summed E-state index contributed by atoms with van der Waals surface area (Å²) in [5, 5.41) is 4.35. The molecule has 7 heteroatoms. The minimum Gasteiger partial charge on any atom is -0.381 e. The van der Waals surface area contributed by atoms with Gasteiger partial charge in [-0.05, 0) is 43.7 Å². The summed E-state index contributed by atoms with van der Waals surface area (Å²) < 4.78 is 35.4. The van der Waals surface area contributed by atoms with E-state index in [1.165, 1.54) is 6.20 Å². The van der Waals surface area contributed by atoms with E-state index < -0.39 is 10.0 Å². The highest BCUT2D eigenvalue weighted by Gasteiger charge is 2.37. The Morgan fingerprint density at radius 3 is 2.69 bits per heavy atom. The third kappa shape index (κ3) is 3.19. The Labute approximate surface area is 154 Å². The lowest BCUT2D eigenvalue weighted by molar-refractivity contribution is 0.0662. The third-order valence-corrected chi connectivity index (χ3v) is 7.36. The van der Waals surface area contributed by atoms with Crippen molar-refractivity contribution < 1.29 is 13.2 Å². The Morgan fingerprint density at radius 1 is 1.15 bits per heavy atom. The Kier molecular flexibility index (Phi) is 4.86. The molecule has 0 amide bonds. The smallest absolute Gasteiger partial charge is 0.246 e. The standard InChI is InChI=1S/C19H25N3O3S/c1-15-5-2-3-6-18(15)19-7-4-10-22(19)26(23,24)17-13-20-21(14-17)16-8-11-25-12-9-16/h2-3,5-6,13-14,16,19H,4,7-12H2,1H3. The number of rotatable bonds is 4. The van der Waals surface area contributed by atoms with E-state index in [2.05, 4.69) is 5.10 Å². The van der Waals surface area contributed by atoms with E-state index >= 15 is 0 Å². The molecule has 1 aromatic heterocycles. The van der Waals surface area contributed by atoms with Crippen LogP contribution < -0.4 is 0 Å². The van der Waals surface area contributed by atoms with Gasteiger partial charge >= 0.3 is 0 Å². The molecule has 0 aliphatic carbocycles. The van der Waals surface area contributed by atoms with Crippen LogP contribution in [0.4, 0.5) is 0 Å². The van der Waals surface area contributed by atoms with Gasteiger partial charge in [0.1, 0.15) is 4.90 Å². The second kappa shape index (κ2) is 7.13. The van der Waals surface area contributed by atoms with Crippen LogP contribution in [0.15, 0.2) is 41.6 Å². The molecular weight excluding hydrogens is 350 g/mol. The predicted octanol–water partition coefficient (Wildman–Crippen LogP) is 3.07. The molecule has 2 aliphatic rings. The molecule has 0 saturated carbocycles. The van der Waals surface area contributed by atoms with E-state index in [1.807, 2.05) is 31.2 Å². The van der Waals surface area contributed by atoms with Crippen molar-refractivity contribution in [2.24, 2.45) is 0 Å². The predicted molar refractivity (Wildman–Crippen MR) is 98.4 cm³/mol. The molecule has 1 unspecified atom stereocenters. The summed E-state index contributed by atoms with van der Waals surface area (Å²) in [6.07, 6.45) is 6.68. The van der Waals surface area contributed by atoms with Crippen LogP contribution >= 0.6 is 0 Å². The average Bonchev–Trinajstić information content (AvgIpc) is 3.33. The maximum Gasteiger partial charge on any atom is 0.246 e. The van der Waals surface area contributed by atoms with E-state index in [0.29, 0.717) is 24.7 Å². The highest BCUT2D eigenvalue weighted by molar-refractivity contribution is 7.89. The van der Waals surface area contributed by atoms with Crippen LogP contribution in [-0.4, -0.2) is 42.3 Å². The first-order valence-electron chi connectivity index (χ1n) is 9.26. The summed E-state index contributed by atoms with van der Waals surface area (Å²) in [6, 6.07) is 8.19. The summed E-state index contributed by atoms with van der Waals surface area (Å²) >= 11 is 0. The SMILES string of the molecule is Cc1ccccc1C1CCCN1S(=O)(=O)c1cnn(C2CCOCC2)c1. The van der Waals surface area contributed by atoms with Gasteiger partial charge < -0.3 is 4.74 Å². The van der Waals surface area contributed by atoms with Gasteiger partial charge in [-0.2, -0.15) is 9.40 Å². The topological polar surface area (TPSA) is 64.4 Å². The quantitative estimate of drug-likeness (QED) is 0.824. The van der Waals surface area contributed by atoms with E-state index in [0.717, 1.165) is 36.8 Å². The molecule has 6 nitrogen and oxygen atoms in total. The van der Waals surface area contributed by atoms with Crippen molar-refractivity contribution in [3.05, 3.63) is 47.8 Å². The molecule has 2 saturated heterocycles. The zero-order valence-electron chi connectivity index (χ0n) is 15.0. The number of benzene rings is 1. The third-order valence-electron chi connectivity index (χ3n) is 5.50. The van der Waals surface area contributed by atoms with Crippen LogP contribution in [0.5, 0.6) is 0 Å². The molecule has 2 aliphatic heterocycles. The average molecular weight is 375 g/mol. The van der Waals surface area contributed by atoms with Gasteiger partial charge in [0.2, 0.25) is 10.0 Å². The Morgan fingerprint density at radius 2 is 1.92 bits per heavy atom. The molecule has 0 radical (unpaired) electrons. The highest BCUT2D eigenvalue weighted by atomic mass is 32.2. The maximum atomic E-state index is 13.3. The van der Waals surface area contributed by atoms with Crippen LogP contribution in [0.25, 0.3) is 0 Å². The Bertz CT molecular complexity index is 872. The molecule has 0 spiro atoms. The van der Waals surface area contributed by atoms with Crippen molar-refractivity contribution in [2.75, 3.05) is 19.8 Å². The maximum absolute atomic E-state index is 13.3. The van der Waals surface area contributed by atoms with E-state index in [9.17, 15) is 8.42 Å². The minimum absolute atomic E-state index is 0.0902. The van der Waals surface area contributed by atoms with Gasteiger partial charge in [-0.15, -0.1) is 0 Å². The number of hydrogen-bond donors (Lipinski definition) is 0. The summed E-state index contributed by atoms with van der Waals surface area (Å²) in [7, 11) is -3.55. The second-order valence-electron chi connectivity index (χ2n) is 7.13. The molecule has 0 N–H and O–H groups in total. The molecule has 3 heterocycles. The molecule has 140 valence electrons. The summed E-state index contributed by atoms with van der Waals surface area (Å²) in [6.45, 7) is 4.01. The van der Waals surface area contributed by atoms with Crippen molar-refractivity contribution in [1.29, 1.82) is 0 Å². The normalized spacial score (nSPS) is 22.7. The molecular formula is C19H25N3O3S. The van der Waals surface area contributed by atoms with Crippen molar-refractivity contribution in [3.63, 3.8) is 0 Å². The minimum atomic E-state index is -3.55. The van der Waals surface area contributed by atoms with Crippen LogP contribution in [-0.2, 0) is 14.8 Å². The first-order valence-corrected chi connectivity index (χ1v) is 10.7. The van der Waals surface area contributed by atoms with Gasteiger partial charge in [-0.3, -0.25) is 4.68 Å². The fourth-order valence-corrected chi connectivity index (χ4v) is 5.65. The largest absolute Gasteiger partial charge is 0.381 e. The Balaban J connectivity index is 1.61. The first-order chi connectivity index (χ1) is 12.6. The van der Waals surface area contributed by atoms with Crippen LogP contribution in [0.2, 0.25) is 0 Å². The molecule has 1 atom stereocenters. The zero-order chi connectivity index (χ0) is 18.1. The summed E-state index contributed by atoms with van der Waals surface area (Å²) in [5.41, 5.74) is 2.24. The van der Waals surface area contributed by atoms with Gasteiger partial charge in [0.05, 0.1) is 18.3 Å². The van der Waals surface area contributed by atoms with Crippen molar-refractivity contribution in [2.45, 2.75) is 49.6 Å². The lowest BCUT2D eigenvalue weighted by atomic mass is 10.0. The number of hydrogen-bond acceptors (Lipinski definition) is 4. The molecule has 0 bridgehead atoms. The summed E-state index contributed by atoms with van der Waals surface area (Å²) in [5.74, 6) is 0. The lowest BCUT2D eigenvalue weighted by Crippen LogP contribution is -2.31. The fourth-order valence-electron chi connectivity index (χ4n) is 4.04. The first kappa shape index (κ1) is 17.7. The number of aromatic nitrogens is 2. The van der Waals surface area contributed by atoms with E-state index in [-0.39, 0.29) is 12.1 Å². The lowest BCUT2D eigenvalue weighted by Gasteiger charge is -2.25. The number of aryl methyl sites for hydroxylation is 1. The van der Waals surface area contributed by atoms with E-state index in [1.54, 1.807) is 15.2 Å². The van der Waals surface area contributed by atoms with Gasteiger partial charge in [-0.25, -0.2) is 8.42 Å². The van der Waals surface area contributed by atoms with Crippen molar-refractivity contribution in [3.8, 4) is 0 Å². The molecule has 26 heavy (non-hydrogen) atoms. The van der Waals surface area contributed by atoms with Crippen LogP contribution in [0, 0.1) is 6.92 Å². The van der Waals surface area contributed by atoms with Crippen molar-refractivity contribution in [1.82, 2.24) is 14.1 Å². The van der Waals surface area contributed by atoms with Gasteiger partial charge in [0.25, 0.3) is 0 Å². The Hall–Kier alpha value is -1.70. The van der Waals surface area contributed by atoms with Gasteiger partial charge in [0, 0.05) is 26.0 Å². The molecule has 1 aromatic carbocycles. The number of nitrogens with zero attached hydrogens (tertiary/aromatic N) is 3. The zero-order valence-corrected chi connectivity index (χ0v) is 15.9. The van der Waals surface area contributed by atoms with Gasteiger partial charge in [-0.1, -0.05) is 24.3 Å². The monoisotopic (exact) mass is 375 g/mol. The van der Waals surface area contributed by atoms with Crippen LogP contribution in [0.3, 0.4) is 0 Å². The second-order valence-corrected chi connectivity index (χ2v) is 9.02. The summed E-state index contributed by atoms with van der Waals surface area (Å²) in [4.78, 5) is 0.296. The highest BCUT2D eigenvalue weighted by Crippen LogP contribution is 2.37. The van der Waals surface area contributed by atoms with Gasteiger partial charge in [0.15, 0.2) is 0 Å². The number of ether oxygens (including phenoxy) is 1. The fraction of sp³-hybridized carbons (Fsp3) is 0.526. The molecule has 2 fully saturated rings. The molecule has 4 rings (SSSR count). The van der Waals surface area contributed by atoms with E-state index in [4.69, 9.17) is 4.74 Å². The van der Waals surface area contributed by atoms with Crippen molar-refractivity contribution >= 4 is 10.0 Å².